The summed E-state index contributed by atoms with van der Waals surface area (Å²) in [4.78, 5) is 0. The second-order valence-electron chi connectivity index (χ2n) is 6.33. The van der Waals surface area contributed by atoms with E-state index < -0.39 is 0 Å². The molecule has 4 heteroatoms. The number of hydrogen-bond donors (Lipinski definition) is 0. The Labute approximate surface area is 133 Å². The Morgan fingerprint density at radius 3 is 2.68 bits per heavy atom. The zero-order valence-electron chi connectivity index (χ0n) is 13.6. The van der Waals surface area contributed by atoms with E-state index in [1.165, 1.54) is 29.7 Å². The third-order valence-electron chi connectivity index (χ3n) is 4.43. The highest BCUT2D eigenvalue weighted by molar-refractivity contribution is 6.03. The zero-order chi connectivity index (χ0) is 15.4. The Kier molecular flexibility index (Phi) is 5.11. The van der Waals surface area contributed by atoms with Gasteiger partial charge >= 0.3 is 0 Å². The molecule has 3 rings (SSSR count). The fourth-order valence-electron chi connectivity index (χ4n) is 3.43. The minimum Gasteiger partial charge on any atom is -0.350 e. The minimum atomic E-state index is -0.0147. The summed E-state index contributed by atoms with van der Waals surface area (Å²) in [5.74, 6) is 0.485. The van der Waals surface area contributed by atoms with Gasteiger partial charge in [0.1, 0.15) is 0 Å². The quantitative estimate of drug-likeness (QED) is 0.633. The maximum absolute atomic E-state index is 5.59. The first kappa shape index (κ1) is 15.5. The summed E-state index contributed by atoms with van der Waals surface area (Å²) >= 11 is 0. The average Bonchev–Trinajstić information content (AvgIpc) is 2.96. The molecular formula is C18H26N2O2. The summed E-state index contributed by atoms with van der Waals surface area (Å²) in [6.07, 6.45) is 5.58. The first-order valence-electron chi connectivity index (χ1n) is 8.31. The van der Waals surface area contributed by atoms with Crippen LogP contribution < -0.4 is 0 Å². The number of hydrogen-bond acceptors (Lipinski definition) is 4. The molecule has 0 saturated carbocycles. The molecule has 0 radical (unpaired) electrons. The molecule has 0 spiro atoms. The van der Waals surface area contributed by atoms with Crippen LogP contribution in [0, 0.1) is 5.92 Å². The first-order valence-corrected chi connectivity index (χ1v) is 8.31. The van der Waals surface area contributed by atoms with Crippen LogP contribution in [0.4, 0.5) is 0 Å². The third kappa shape index (κ3) is 3.68. The lowest BCUT2D eigenvalue weighted by atomic mass is 9.90. The van der Waals surface area contributed by atoms with Gasteiger partial charge in [0.2, 0.25) is 0 Å². The number of rotatable bonds is 4. The van der Waals surface area contributed by atoms with Crippen LogP contribution in [0.1, 0.15) is 36.8 Å². The van der Waals surface area contributed by atoms with Crippen molar-refractivity contribution in [1.82, 2.24) is 5.01 Å². The van der Waals surface area contributed by atoms with Crippen molar-refractivity contribution in [2.75, 3.05) is 27.3 Å². The van der Waals surface area contributed by atoms with Gasteiger partial charge in [-0.05, 0) is 37.7 Å². The van der Waals surface area contributed by atoms with Crippen LogP contribution in [0.5, 0.6) is 0 Å². The molecule has 4 nitrogen and oxygen atoms in total. The molecule has 120 valence electrons. The molecule has 1 unspecified atom stereocenters. The van der Waals surface area contributed by atoms with Gasteiger partial charge in [-0.25, -0.2) is 0 Å². The van der Waals surface area contributed by atoms with Gasteiger partial charge in [-0.3, -0.25) is 0 Å². The average molecular weight is 302 g/mol. The van der Waals surface area contributed by atoms with Gasteiger partial charge in [-0.1, -0.05) is 24.3 Å². The molecule has 1 aromatic carbocycles. The Hall–Kier alpha value is -1.39. The molecule has 0 N–H and O–H groups in total. The first-order chi connectivity index (χ1) is 10.7. The molecule has 2 aliphatic rings. The standard InChI is InChI=1S/C18H26N2O2/c1-20(2)19-18-15(10-11-17-21-12-13-22-17)8-5-7-14-6-3-4-9-16(14)18/h3-4,6,9,15,17H,5,7-8,10-13H2,1-2H3/b19-18-. The van der Waals surface area contributed by atoms with E-state index in [-0.39, 0.29) is 6.29 Å². The molecule has 1 aromatic rings. The van der Waals surface area contributed by atoms with Crippen molar-refractivity contribution in [3.05, 3.63) is 35.4 Å². The molecule has 1 heterocycles. The van der Waals surface area contributed by atoms with Gasteiger partial charge in [-0.2, -0.15) is 5.10 Å². The number of aryl methyl sites for hydroxylation is 1. The molecule has 1 aliphatic heterocycles. The van der Waals surface area contributed by atoms with Crippen LogP contribution in [-0.2, 0) is 15.9 Å². The molecule has 0 amide bonds. The maximum Gasteiger partial charge on any atom is 0.157 e. The summed E-state index contributed by atoms with van der Waals surface area (Å²) in [7, 11) is 4.00. The third-order valence-corrected chi connectivity index (χ3v) is 4.43. The van der Waals surface area contributed by atoms with Crippen molar-refractivity contribution in [2.24, 2.45) is 11.0 Å². The van der Waals surface area contributed by atoms with Crippen molar-refractivity contribution in [3.8, 4) is 0 Å². The van der Waals surface area contributed by atoms with Crippen molar-refractivity contribution in [1.29, 1.82) is 0 Å². The SMILES string of the molecule is CN(C)/N=C1\c2ccccc2CCCC1CCC1OCCO1. The highest BCUT2D eigenvalue weighted by atomic mass is 16.7. The monoisotopic (exact) mass is 302 g/mol. The topological polar surface area (TPSA) is 34.1 Å². The molecule has 1 saturated heterocycles. The normalized spacial score (nSPS) is 24.3. The van der Waals surface area contributed by atoms with E-state index in [4.69, 9.17) is 14.6 Å². The second kappa shape index (κ2) is 7.25. The zero-order valence-corrected chi connectivity index (χ0v) is 13.6. The molecule has 1 fully saturated rings. The van der Waals surface area contributed by atoms with Crippen molar-refractivity contribution < 1.29 is 9.47 Å². The Bertz CT molecular complexity index is 522. The molecule has 0 bridgehead atoms. The summed E-state index contributed by atoms with van der Waals surface area (Å²) in [5, 5.41) is 6.76. The fourth-order valence-corrected chi connectivity index (χ4v) is 3.43. The number of fused-ring (bicyclic) bond motifs is 1. The highest BCUT2D eigenvalue weighted by Gasteiger charge is 2.26. The second-order valence-corrected chi connectivity index (χ2v) is 6.33. The van der Waals surface area contributed by atoms with E-state index in [0.29, 0.717) is 5.92 Å². The van der Waals surface area contributed by atoms with Crippen LogP contribution in [0.3, 0.4) is 0 Å². The lowest BCUT2D eigenvalue weighted by Gasteiger charge is -2.21. The van der Waals surface area contributed by atoms with Gasteiger partial charge in [-0.15, -0.1) is 0 Å². The number of hydrazone groups is 1. The van der Waals surface area contributed by atoms with Gasteiger partial charge in [0.05, 0.1) is 18.9 Å². The van der Waals surface area contributed by atoms with E-state index >= 15 is 0 Å². The largest absolute Gasteiger partial charge is 0.350 e. The van der Waals surface area contributed by atoms with E-state index in [1.54, 1.807) is 0 Å². The minimum absolute atomic E-state index is 0.0147. The predicted octanol–water partition coefficient (Wildman–Crippen LogP) is 3.06. The smallest absolute Gasteiger partial charge is 0.157 e. The van der Waals surface area contributed by atoms with Crippen molar-refractivity contribution in [2.45, 2.75) is 38.4 Å². The number of nitrogens with zero attached hydrogens (tertiary/aromatic N) is 2. The fraction of sp³-hybridized carbons (Fsp3) is 0.611. The van der Waals surface area contributed by atoms with E-state index in [1.807, 2.05) is 19.1 Å². The van der Waals surface area contributed by atoms with Crippen molar-refractivity contribution in [3.63, 3.8) is 0 Å². The van der Waals surface area contributed by atoms with E-state index in [0.717, 1.165) is 32.5 Å². The van der Waals surface area contributed by atoms with Crippen LogP contribution in [0.25, 0.3) is 0 Å². The van der Waals surface area contributed by atoms with Gasteiger partial charge in [0.25, 0.3) is 0 Å². The summed E-state index contributed by atoms with van der Waals surface area (Å²) in [6, 6.07) is 8.72. The lowest BCUT2D eigenvalue weighted by Crippen LogP contribution is -2.21. The molecule has 1 aliphatic carbocycles. The summed E-state index contributed by atoms with van der Waals surface area (Å²) in [5.41, 5.74) is 3.99. The number of ether oxygens (including phenoxy) is 2. The number of benzene rings is 1. The van der Waals surface area contributed by atoms with Gasteiger partial charge in [0, 0.05) is 25.6 Å². The summed E-state index contributed by atoms with van der Waals surface area (Å²) < 4.78 is 11.2. The van der Waals surface area contributed by atoms with E-state index in [2.05, 4.69) is 24.3 Å². The van der Waals surface area contributed by atoms with Crippen LogP contribution in [0.2, 0.25) is 0 Å². The molecule has 0 aromatic heterocycles. The Morgan fingerprint density at radius 2 is 1.91 bits per heavy atom. The van der Waals surface area contributed by atoms with Crippen LogP contribution in [-0.4, -0.2) is 44.3 Å². The lowest BCUT2D eigenvalue weighted by molar-refractivity contribution is -0.0491. The van der Waals surface area contributed by atoms with E-state index in [9.17, 15) is 0 Å². The molecule has 1 atom stereocenters. The Balaban J connectivity index is 1.81. The van der Waals surface area contributed by atoms with Gasteiger partial charge < -0.3 is 14.5 Å². The van der Waals surface area contributed by atoms with Crippen molar-refractivity contribution >= 4 is 5.71 Å². The predicted molar refractivity (Wildman–Crippen MR) is 88.0 cm³/mol. The van der Waals surface area contributed by atoms with Crippen LogP contribution in [0.15, 0.2) is 29.4 Å². The van der Waals surface area contributed by atoms with Crippen LogP contribution >= 0.6 is 0 Å². The molecular weight excluding hydrogens is 276 g/mol. The van der Waals surface area contributed by atoms with Gasteiger partial charge in [0.15, 0.2) is 6.29 Å². The maximum atomic E-state index is 5.59. The molecule has 22 heavy (non-hydrogen) atoms. The summed E-state index contributed by atoms with van der Waals surface area (Å²) in [6.45, 7) is 1.47. The Morgan fingerprint density at radius 1 is 1.14 bits per heavy atom. The highest BCUT2D eigenvalue weighted by Crippen LogP contribution is 2.29.